The monoisotopic (exact) mass is 292 g/mol. The number of morpholine rings is 1. The van der Waals surface area contributed by atoms with Gasteiger partial charge in [0.25, 0.3) is 0 Å². The van der Waals surface area contributed by atoms with Crippen LogP contribution in [0.2, 0.25) is 0 Å². The molecule has 0 radical (unpaired) electrons. The van der Waals surface area contributed by atoms with Crippen LogP contribution in [-0.2, 0) is 4.74 Å². The molecule has 0 bridgehead atoms. The molecule has 116 valence electrons. The summed E-state index contributed by atoms with van der Waals surface area (Å²) in [5.74, 6) is 0.688. The SMILES string of the molecule is C[C@@H]1C[NH+](CCCCOc2ccccc2C=O)C[C@@H](C)O1. The molecule has 1 aliphatic heterocycles. The molecule has 0 aromatic heterocycles. The van der Waals surface area contributed by atoms with Gasteiger partial charge in [-0.05, 0) is 38.8 Å². The average Bonchev–Trinajstić information content (AvgIpc) is 2.46. The number of unbranched alkanes of at least 4 members (excludes halogenated alkanes) is 1. The maximum absolute atomic E-state index is 10.9. The lowest BCUT2D eigenvalue weighted by atomic mass is 10.2. The van der Waals surface area contributed by atoms with Crippen LogP contribution < -0.4 is 9.64 Å². The van der Waals surface area contributed by atoms with Crippen molar-refractivity contribution in [2.24, 2.45) is 0 Å². The second-order valence-corrected chi connectivity index (χ2v) is 5.88. The second-order valence-electron chi connectivity index (χ2n) is 5.88. The maximum Gasteiger partial charge on any atom is 0.153 e. The summed E-state index contributed by atoms with van der Waals surface area (Å²) in [6.07, 6.45) is 3.72. The number of nitrogens with one attached hydrogen (secondary N) is 1. The summed E-state index contributed by atoms with van der Waals surface area (Å²) in [7, 11) is 0. The van der Waals surface area contributed by atoms with E-state index >= 15 is 0 Å². The van der Waals surface area contributed by atoms with Gasteiger partial charge in [-0.1, -0.05) is 12.1 Å². The van der Waals surface area contributed by atoms with E-state index < -0.39 is 0 Å². The number of para-hydroxylation sites is 1. The Labute approximate surface area is 127 Å². The number of hydrogen-bond donors (Lipinski definition) is 1. The molecule has 1 aromatic carbocycles. The Morgan fingerprint density at radius 1 is 1.24 bits per heavy atom. The fraction of sp³-hybridized carbons (Fsp3) is 0.588. The summed E-state index contributed by atoms with van der Waals surface area (Å²) < 4.78 is 11.4. The fourth-order valence-corrected chi connectivity index (χ4v) is 2.96. The first-order chi connectivity index (χ1) is 10.2. The van der Waals surface area contributed by atoms with Gasteiger partial charge >= 0.3 is 0 Å². The molecule has 1 fully saturated rings. The van der Waals surface area contributed by atoms with E-state index in [9.17, 15) is 4.79 Å². The first-order valence-corrected chi connectivity index (χ1v) is 7.85. The molecule has 4 nitrogen and oxygen atoms in total. The zero-order chi connectivity index (χ0) is 15.1. The number of aldehydes is 1. The Morgan fingerprint density at radius 3 is 2.67 bits per heavy atom. The van der Waals surface area contributed by atoms with Gasteiger partial charge in [0.15, 0.2) is 6.29 Å². The molecule has 1 N–H and O–H groups in total. The van der Waals surface area contributed by atoms with Crippen LogP contribution in [0.4, 0.5) is 0 Å². The predicted octanol–water partition coefficient (Wildman–Crippen LogP) is 1.35. The summed E-state index contributed by atoms with van der Waals surface area (Å²) in [5.41, 5.74) is 0.624. The molecule has 21 heavy (non-hydrogen) atoms. The molecule has 1 aromatic rings. The predicted molar refractivity (Wildman–Crippen MR) is 82.1 cm³/mol. The molecule has 1 saturated heterocycles. The maximum atomic E-state index is 10.9. The Balaban J connectivity index is 1.65. The van der Waals surface area contributed by atoms with Gasteiger partial charge in [-0.3, -0.25) is 4.79 Å². The first kappa shape index (κ1) is 16.0. The Kier molecular flexibility index (Phi) is 6.21. The molecular formula is C17H26NO3+. The van der Waals surface area contributed by atoms with Crippen LogP contribution in [0.25, 0.3) is 0 Å². The van der Waals surface area contributed by atoms with E-state index in [1.54, 1.807) is 11.0 Å². The number of carbonyl (C=O) groups excluding carboxylic acids is 1. The lowest BCUT2D eigenvalue weighted by Crippen LogP contribution is -3.15. The zero-order valence-electron chi connectivity index (χ0n) is 13.0. The van der Waals surface area contributed by atoms with Gasteiger partial charge in [-0.25, -0.2) is 0 Å². The number of benzene rings is 1. The smallest absolute Gasteiger partial charge is 0.153 e. The highest BCUT2D eigenvalue weighted by Crippen LogP contribution is 2.15. The van der Waals surface area contributed by atoms with Crippen LogP contribution in [-0.4, -0.2) is 44.7 Å². The van der Waals surface area contributed by atoms with E-state index in [1.807, 2.05) is 18.2 Å². The minimum Gasteiger partial charge on any atom is -0.493 e. The van der Waals surface area contributed by atoms with Crippen molar-refractivity contribution in [3.63, 3.8) is 0 Å². The summed E-state index contributed by atoms with van der Waals surface area (Å²) in [5, 5.41) is 0. The molecule has 4 heteroatoms. The topological polar surface area (TPSA) is 40.0 Å². The quantitative estimate of drug-likeness (QED) is 0.609. The number of rotatable bonds is 7. The molecule has 1 heterocycles. The van der Waals surface area contributed by atoms with E-state index in [0.717, 1.165) is 38.8 Å². The summed E-state index contributed by atoms with van der Waals surface area (Å²) in [4.78, 5) is 12.5. The largest absolute Gasteiger partial charge is 0.493 e. The van der Waals surface area contributed by atoms with Crippen molar-refractivity contribution >= 4 is 6.29 Å². The van der Waals surface area contributed by atoms with Crippen LogP contribution in [0, 0.1) is 0 Å². The summed E-state index contributed by atoms with van der Waals surface area (Å²) >= 11 is 0. The summed E-state index contributed by atoms with van der Waals surface area (Å²) in [6.45, 7) is 8.32. The van der Waals surface area contributed by atoms with E-state index in [2.05, 4.69) is 13.8 Å². The normalized spacial score (nSPS) is 25.5. The van der Waals surface area contributed by atoms with Crippen molar-refractivity contribution in [3.05, 3.63) is 29.8 Å². The van der Waals surface area contributed by atoms with Crippen LogP contribution in [0.15, 0.2) is 24.3 Å². The third kappa shape index (κ3) is 5.14. The van der Waals surface area contributed by atoms with Crippen molar-refractivity contribution in [1.82, 2.24) is 0 Å². The standard InChI is InChI=1S/C17H25NO3/c1-14-11-18(12-15(2)21-14)9-5-6-10-20-17-8-4-3-7-16(17)13-19/h3-4,7-8,13-15H,5-6,9-12H2,1-2H3/p+1/t14-,15-/m1/s1. The highest BCUT2D eigenvalue weighted by atomic mass is 16.5. The van der Waals surface area contributed by atoms with Crippen LogP contribution in [0.1, 0.15) is 37.0 Å². The van der Waals surface area contributed by atoms with E-state index in [4.69, 9.17) is 9.47 Å². The van der Waals surface area contributed by atoms with Gasteiger partial charge in [0, 0.05) is 0 Å². The summed E-state index contributed by atoms with van der Waals surface area (Å²) in [6, 6.07) is 7.37. The van der Waals surface area contributed by atoms with Gasteiger partial charge in [-0.15, -0.1) is 0 Å². The third-order valence-electron chi connectivity index (χ3n) is 3.85. The molecule has 0 saturated carbocycles. The average molecular weight is 292 g/mol. The molecular weight excluding hydrogens is 266 g/mol. The number of hydrogen-bond acceptors (Lipinski definition) is 3. The molecule has 2 atom stereocenters. The van der Waals surface area contributed by atoms with E-state index in [-0.39, 0.29) is 0 Å². The molecule has 0 aliphatic carbocycles. The molecule has 0 unspecified atom stereocenters. The third-order valence-corrected chi connectivity index (χ3v) is 3.85. The number of carbonyl (C=O) groups is 1. The van der Waals surface area contributed by atoms with Gasteiger partial charge < -0.3 is 14.4 Å². The van der Waals surface area contributed by atoms with Crippen LogP contribution in [0.5, 0.6) is 5.75 Å². The molecule has 0 amide bonds. The first-order valence-electron chi connectivity index (χ1n) is 7.85. The Bertz CT molecular complexity index is 439. The minimum atomic E-state index is 0.361. The molecule has 1 aliphatic rings. The zero-order valence-corrected chi connectivity index (χ0v) is 13.0. The van der Waals surface area contributed by atoms with E-state index in [0.29, 0.717) is 30.1 Å². The van der Waals surface area contributed by atoms with Crippen molar-refractivity contribution in [2.45, 2.75) is 38.9 Å². The lowest BCUT2D eigenvalue weighted by molar-refractivity contribution is -0.915. The van der Waals surface area contributed by atoms with Gasteiger partial charge in [0.2, 0.25) is 0 Å². The highest BCUT2D eigenvalue weighted by Gasteiger charge is 2.24. The van der Waals surface area contributed by atoms with Crippen LogP contribution >= 0.6 is 0 Å². The number of ether oxygens (including phenoxy) is 2. The second kappa shape index (κ2) is 8.15. The van der Waals surface area contributed by atoms with Crippen molar-refractivity contribution in [3.8, 4) is 5.75 Å². The van der Waals surface area contributed by atoms with Crippen LogP contribution in [0.3, 0.4) is 0 Å². The Hall–Kier alpha value is -1.39. The molecule has 2 rings (SSSR count). The minimum absolute atomic E-state index is 0.361. The van der Waals surface area contributed by atoms with Crippen molar-refractivity contribution in [1.29, 1.82) is 0 Å². The fourth-order valence-electron chi connectivity index (χ4n) is 2.96. The Morgan fingerprint density at radius 2 is 1.95 bits per heavy atom. The lowest BCUT2D eigenvalue weighted by Gasteiger charge is -2.32. The van der Waals surface area contributed by atoms with E-state index in [1.165, 1.54) is 0 Å². The van der Waals surface area contributed by atoms with Gasteiger partial charge in [0.05, 0.1) is 18.7 Å². The van der Waals surface area contributed by atoms with Gasteiger partial charge in [-0.2, -0.15) is 0 Å². The van der Waals surface area contributed by atoms with Gasteiger partial charge in [0.1, 0.15) is 31.0 Å². The van der Waals surface area contributed by atoms with Crippen molar-refractivity contribution in [2.75, 3.05) is 26.2 Å². The van der Waals surface area contributed by atoms with Crippen molar-refractivity contribution < 1.29 is 19.2 Å². The molecule has 0 spiro atoms. The highest BCUT2D eigenvalue weighted by molar-refractivity contribution is 5.79. The number of quaternary nitrogens is 1.